The minimum absolute atomic E-state index is 0.0678. The van der Waals surface area contributed by atoms with Gasteiger partial charge < -0.3 is 5.11 Å². The van der Waals surface area contributed by atoms with E-state index in [0.29, 0.717) is 13.0 Å². The summed E-state index contributed by atoms with van der Waals surface area (Å²) in [7, 11) is 0. The molecule has 1 N–H and O–H groups in total. The van der Waals surface area contributed by atoms with Crippen molar-refractivity contribution in [3.8, 4) is 11.1 Å². The van der Waals surface area contributed by atoms with Crippen LogP contribution in [0.1, 0.15) is 22.8 Å². The molecule has 30 heavy (non-hydrogen) atoms. The number of hydrogen-bond acceptors (Lipinski definition) is 6. The summed E-state index contributed by atoms with van der Waals surface area (Å²) in [4.78, 5) is 4.65. The molecule has 4 aromatic rings. The Balaban J connectivity index is 1.39. The fourth-order valence-electron chi connectivity index (χ4n) is 3.57. The Morgan fingerprint density at radius 1 is 1.10 bits per heavy atom. The van der Waals surface area contributed by atoms with Crippen LogP contribution in [0.15, 0.2) is 54.5 Å². The number of rotatable bonds is 5. The summed E-state index contributed by atoms with van der Waals surface area (Å²) in [5.74, 6) is 0.820. The highest BCUT2D eigenvalue weighted by Crippen LogP contribution is 2.24. The SMILES string of the molecule is Cc1ccc2nnc(CC3=CCc4cc(-c5cnn(CCO)c5)cnc4C=C3)n2n1. The van der Waals surface area contributed by atoms with Gasteiger partial charge in [-0.25, -0.2) is 0 Å². The van der Waals surface area contributed by atoms with Gasteiger partial charge in [0.05, 0.1) is 30.7 Å². The van der Waals surface area contributed by atoms with E-state index in [2.05, 4.69) is 49.7 Å². The van der Waals surface area contributed by atoms with E-state index in [4.69, 9.17) is 5.11 Å². The summed E-state index contributed by atoms with van der Waals surface area (Å²) in [6.07, 6.45) is 13.4. The maximum Gasteiger partial charge on any atom is 0.177 e. The number of pyridine rings is 1. The van der Waals surface area contributed by atoms with Gasteiger partial charge >= 0.3 is 0 Å². The molecule has 0 fully saturated rings. The molecule has 1 aliphatic carbocycles. The smallest absolute Gasteiger partial charge is 0.177 e. The summed E-state index contributed by atoms with van der Waals surface area (Å²) in [6.45, 7) is 2.51. The van der Waals surface area contributed by atoms with Gasteiger partial charge in [0.1, 0.15) is 0 Å². The molecular weight excluding hydrogens is 378 g/mol. The number of nitrogens with zero attached hydrogens (tertiary/aromatic N) is 7. The number of fused-ring (bicyclic) bond motifs is 2. The van der Waals surface area contributed by atoms with Crippen LogP contribution in [0.5, 0.6) is 0 Å². The first-order chi connectivity index (χ1) is 14.7. The molecule has 0 unspecified atom stereocenters. The predicted molar refractivity (Wildman–Crippen MR) is 113 cm³/mol. The largest absolute Gasteiger partial charge is 0.394 e. The van der Waals surface area contributed by atoms with E-state index >= 15 is 0 Å². The van der Waals surface area contributed by atoms with Crippen molar-refractivity contribution in [2.75, 3.05) is 6.61 Å². The fourth-order valence-corrected chi connectivity index (χ4v) is 3.57. The number of aliphatic hydroxyl groups is 1. The van der Waals surface area contributed by atoms with Gasteiger partial charge in [-0.15, -0.1) is 10.2 Å². The van der Waals surface area contributed by atoms with E-state index in [-0.39, 0.29) is 6.61 Å². The first-order valence-electron chi connectivity index (χ1n) is 9.87. The zero-order valence-electron chi connectivity index (χ0n) is 16.6. The highest BCUT2D eigenvalue weighted by atomic mass is 16.3. The van der Waals surface area contributed by atoms with Gasteiger partial charge in [-0.2, -0.15) is 14.7 Å². The zero-order valence-corrected chi connectivity index (χ0v) is 16.6. The molecule has 4 aromatic heterocycles. The number of hydrogen-bond donors (Lipinski definition) is 1. The summed E-state index contributed by atoms with van der Waals surface area (Å²) < 4.78 is 3.54. The van der Waals surface area contributed by atoms with Crippen molar-refractivity contribution in [1.29, 1.82) is 0 Å². The van der Waals surface area contributed by atoms with Crippen molar-refractivity contribution in [2.45, 2.75) is 26.3 Å². The second-order valence-electron chi connectivity index (χ2n) is 7.34. The minimum Gasteiger partial charge on any atom is -0.394 e. The summed E-state index contributed by atoms with van der Waals surface area (Å²) >= 11 is 0. The van der Waals surface area contributed by atoms with Gasteiger partial charge in [0.25, 0.3) is 0 Å². The van der Waals surface area contributed by atoms with E-state index in [1.54, 1.807) is 10.9 Å². The molecular formula is C22H21N7O. The molecule has 0 amide bonds. The van der Waals surface area contributed by atoms with Crippen molar-refractivity contribution in [2.24, 2.45) is 0 Å². The molecule has 8 heteroatoms. The normalized spacial score (nSPS) is 13.3. The van der Waals surface area contributed by atoms with E-state index in [0.717, 1.165) is 51.5 Å². The number of allylic oxidation sites excluding steroid dienone is 3. The van der Waals surface area contributed by atoms with Crippen molar-refractivity contribution in [3.63, 3.8) is 0 Å². The second kappa shape index (κ2) is 7.64. The monoisotopic (exact) mass is 399 g/mol. The van der Waals surface area contributed by atoms with Crippen LogP contribution in [-0.4, -0.2) is 46.3 Å². The van der Waals surface area contributed by atoms with Crippen LogP contribution < -0.4 is 0 Å². The Morgan fingerprint density at radius 2 is 2.03 bits per heavy atom. The van der Waals surface area contributed by atoms with E-state index in [1.165, 1.54) is 0 Å². The van der Waals surface area contributed by atoms with Gasteiger partial charge in [0.15, 0.2) is 11.5 Å². The van der Waals surface area contributed by atoms with E-state index < -0.39 is 0 Å². The van der Waals surface area contributed by atoms with Crippen LogP contribution in [-0.2, 0) is 19.4 Å². The minimum atomic E-state index is 0.0678. The molecule has 5 rings (SSSR count). The van der Waals surface area contributed by atoms with Crippen molar-refractivity contribution in [3.05, 3.63) is 77.3 Å². The fraction of sp³-hybridized carbons (Fsp3) is 0.227. The van der Waals surface area contributed by atoms with Crippen LogP contribution in [0, 0.1) is 6.92 Å². The van der Waals surface area contributed by atoms with Crippen molar-refractivity contribution >= 4 is 11.7 Å². The Bertz CT molecular complexity index is 1280. The molecule has 0 aliphatic heterocycles. The lowest BCUT2D eigenvalue weighted by molar-refractivity contribution is 0.269. The molecule has 0 saturated carbocycles. The predicted octanol–water partition coefficient (Wildman–Crippen LogP) is 2.42. The standard InChI is InChI=1S/C22H21N7O/c1-15-2-7-21-25-26-22(29(21)27-15)10-16-3-5-17-11-18(12-23-20(17)6-4-16)19-13-24-28(14-19)8-9-30/h2-4,6-7,11-14,30H,5,8-10H2,1H3. The number of aryl methyl sites for hydroxylation is 1. The topological polar surface area (TPSA) is 94.0 Å². The Morgan fingerprint density at radius 3 is 2.93 bits per heavy atom. The first-order valence-corrected chi connectivity index (χ1v) is 9.87. The van der Waals surface area contributed by atoms with Gasteiger partial charge in [-0.3, -0.25) is 9.67 Å². The summed E-state index contributed by atoms with van der Waals surface area (Å²) in [5.41, 5.74) is 6.98. The molecule has 0 bridgehead atoms. The van der Waals surface area contributed by atoms with Gasteiger partial charge in [-0.1, -0.05) is 12.2 Å². The summed E-state index contributed by atoms with van der Waals surface area (Å²) in [5, 5.41) is 26.4. The lowest BCUT2D eigenvalue weighted by Crippen LogP contribution is -2.01. The van der Waals surface area contributed by atoms with Crippen LogP contribution in [0.2, 0.25) is 0 Å². The van der Waals surface area contributed by atoms with Gasteiger partial charge in [0.2, 0.25) is 0 Å². The average Bonchev–Trinajstić information content (AvgIpc) is 3.32. The van der Waals surface area contributed by atoms with Crippen molar-refractivity contribution in [1.82, 2.24) is 34.6 Å². The Labute approximate surface area is 173 Å². The summed E-state index contributed by atoms with van der Waals surface area (Å²) in [6, 6.07) is 6.02. The van der Waals surface area contributed by atoms with E-state index in [9.17, 15) is 0 Å². The quantitative estimate of drug-likeness (QED) is 0.554. The maximum absolute atomic E-state index is 9.08. The molecule has 8 nitrogen and oxygen atoms in total. The third-order valence-electron chi connectivity index (χ3n) is 5.16. The lowest BCUT2D eigenvalue weighted by Gasteiger charge is -2.04. The molecule has 4 heterocycles. The molecule has 0 spiro atoms. The van der Waals surface area contributed by atoms with Crippen LogP contribution in [0.3, 0.4) is 0 Å². The third kappa shape index (κ3) is 3.53. The van der Waals surface area contributed by atoms with Crippen LogP contribution in [0.4, 0.5) is 0 Å². The molecule has 0 radical (unpaired) electrons. The molecule has 150 valence electrons. The molecule has 0 saturated heterocycles. The molecule has 0 aromatic carbocycles. The number of aliphatic hydroxyl groups excluding tert-OH is 1. The Kier molecular flexibility index (Phi) is 4.68. The number of aromatic nitrogens is 7. The molecule has 1 aliphatic rings. The van der Waals surface area contributed by atoms with Crippen molar-refractivity contribution < 1.29 is 5.11 Å². The van der Waals surface area contributed by atoms with Gasteiger partial charge in [0, 0.05) is 29.9 Å². The van der Waals surface area contributed by atoms with E-state index in [1.807, 2.05) is 36.0 Å². The Hall–Kier alpha value is -3.65. The van der Waals surface area contributed by atoms with Crippen LogP contribution in [0.25, 0.3) is 22.9 Å². The van der Waals surface area contributed by atoms with Gasteiger partial charge in [-0.05, 0) is 48.8 Å². The first kappa shape index (κ1) is 18.4. The average molecular weight is 399 g/mol. The maximum atomic E-state index is 9.08. The third-order valence-corrected chi connectivity index (χ3v) is 5.16. The zero-order chi connectivity index (χ0) is 20.5. The second-order valence-corrected chi connectivity index (χ2v) is 7.34. The highest BCUT2D eigenvalue weighted by Gasteiger charge is 2.12. The lowest BCUT2D eigenvalue weighted by atomic mass is 10.0. The van der Waals surface area contributed by atoms with Crippen LogP contribution >= 0.6 is 0 Å². The highest BCUT2D eigenvalue weighted by molar-refractivity contribution is 5.65. The molecule has 0 atom stereocenters.